The number of nitrogens with two attached hydrogens (primary N) is 2. The molecule has 5 nitrogen and oxygen atoms in total. The first-order valence-corrected chi connectivity index (χ1v) is 5.26. The molecule has 1 aliphatic rings. The predicted molar refractivity (Wildman–Crippen MR) is 57.2 cm³/mol. The second-order valence-corrected chi connectivity index (χ2v) is 3.66. The minimum absolute atomic E-state index is 0.0346. The van der Waals surface area contributed by atoms with Gasteiger partial charge in [-0.25, -0.2) is 19.0 Å². The van der Waals surface area contributed by atoms with Crippen LogP contribution in [0.25, 0.3) is 0 Å². The van der Waals surface area contributed by atoms with Crippen molar-refractivity contribution in [1.82, 2.24) is 5.32 Å². The van der Waals surface area contributed by atoms with Crippen molar-refractivity contribution in [2.45, 2.75) is 25.8 Å². The Morgan fingerprint density at radius 3 is 2.82 bits per heavy atom. The molecule has 0 amide bonds. The van der Waals surface area contributed by atoms with Crippen molar-refractivity contribution in [2.75, 3.05) is 13.2 Å². The Morgan fingerprint density at radius 1 is 1.71 bits per heavy atom. The lowest BCUT2D eigenvalue weighted by atomic mass is 9.98. The van der Waals surface area contributed by atoms with E-state index in [-0.39, 0.29) is 31.0 Å². The van der Waals surface area contributed by atoms with Crippen LogP contribution in [-0.4, -0.2) is 37.3 Å². The average Bonchev–Trinajstić information content (AvgIpc) is 2.28. The zero-order chi connectivity index (χ0) is 13.0. The zero-order valence-electron chi connectivity index (χ0n) is 9.50. The molecule has 0 aromatic rings. The predicted octanol–water partition coefficient (Wildman–Crippen LogP) is -1.41. The number of hydrogen-bond acceptors (Lipinski definition) is 4. The first-order chi connectivity index (χ1) is 7.97. The average molecular weight is 248 g/mol. The van der Waals surface area contributed by atoms with Crippen LogP contribution in [0.5, 0.6) is 0 Å². The number of hydrogen-bond donors (Lipinski definition) is 3. The molecule has 0 fully saturated rings. The van der Waals surface area contributed by atoms with E-state index in [0.29, 0.717) is 5.57 Å². The Balaban J connectivity index is 2.75. The van der Waals surface area contributed by atoms with Crippen LogP contribution in [0.4, 0.5) is 8.78 Å². The summed E-state index contributed by atoms with van der Waals surface area (Å²) in [5, 5.41) is 8.15. The third-order valence-corrected chi connectivity index (χ3v) is 2.49. The van der Waals surface area contributed by atoms with Gasteiger partial charge in [0.2, 0.25) is 0 Å². The molecule has 0 aliphatic carbocycles. The smallest absolute Gasteiger partial charge is 0.403 e. The van der Waals surface area contributed by atoms with E-state index in [2.05, 4.69) is 5.32 Å². The highest BCUT2D eigenvalue weighted by Gasteiger charge is 2.32. The number of ether oxygens (including phenoxy) is 1. The quantitative estimate of drug-likeness (QED) is 0.421. The molecule has 0 saturated carbocycles. The van der Waals surface area contributed by atoms with E-state index in [0.717, 1.165) is 0 Å². The summed E-state index contributed by atoms with van der Waals surface area (Å²) in [6, 6.07) is -0.992. The SMILES string of the molecule is CCOC(=O)C(=[NH2+])C1=C(N)CC(C(F)F)NC1. The van der Waals surface area contributed by atoms with Crippen LogP contribution in [0.2, 0.25) is 0 Å². The molecule has 0 saturated heterocycles. The molecule has 96 valence electrons. The highest BCUT2D eigenvalue weighted by Crippen LogP contribution is 2.17. The Morgan fingerprint density at radius 2 is 2.35 bits per heavy atom. The highest BCUT2D eigenvalue weighted by molar-refractivity contribution is 6.40. The van der Waals surface area contributed by atoms with Crippen molar-refractivity contribution in [3.63, 3.8) is 0 Å². The van der Waals surface area contributed by atoms with Crippen molar-refractivity contribution in [1.29, 1.82) is 0 Å². The summed E-state index contributed by atoms with van der Waals surface area (Å²) in [5.74, 6) is -0.678. The van der Waals surface area contributed by atoms with Gasteiger partial charge in [-0.05, 0) is 6.92 Å². The summed E-state index contributed by atoms with van der Waals surface area (Å²) >= 11 is 0. The fourth-order valence-electron chi connectivity index (χ4n) is 1.56. The Kier molecular flexibility index (Phi) is 4.56. The van der Waals surface area contributed by atoms with Crippen LogP contribution in [0.3, 0.4) is 0 Å². The molecule has 1 heterocycles. The van der Waals surface area contributed by atoms with Gasteiger partial charge in [0.25, 0.3) is 12.1 Å². The third kappa shape index (κ3) is 3.23. The van der Waals surface area contributed by atoms with Gasteiger partial charge in [0, 0.05) is 18.7 Å². The molecular formula is C10H16F2N3O2+. The zero-order valence-corrected chi connectivity index (χ0v) is 9.50. The van der Waals surface area contributed by atoms with E-state index in [1.807, 2.05) is 0 Å². The van der Waals surface area contributed by atoms with Gasteiger partial charge >= 0.3 is 5.97 Å². The molecule has 0 aromatic heterocycles. The summed E-state index contributed by atoms with van der Waals surface area (Å²) in [4.78, 5) is 11.4. The number of rotatable bonds is 4. The van der Waals surface area contributed by atoms with Crippen LogP contribution in [0.1, 0.15) is 13.3 Å². The van der Waals surface area contributed by atoms with Gasteiger partial charge in [-0.15, -0.1) is 0 Å². The van der Waals surface area contributed by atoms with Gasteiger partial charge in [0.05, 0.1) is 18.2 Å². The molecule has 0 aromatic carbocycles. The minimum Gasteiger partial charge on any atom is -0.458 e. The molecular weight excluding hydrogens is 232 g/mol. The van der Waals surface area contributed by atoms with Crippen molar-refractivity contribution in [2.24, 2.45) is 5.73 Å². The highest BCUT2D eigenvalue weighted by atomic mass is 19.3. The molecule has 17 heavy (non-hydrogen) atoms. The fourth-order valence-corrected chi connectivity index (χ4v) is 1.56. The fraction of sp³-hybridized carbons (Fsp3) is 0.600. The van der Waals surface area contributed by atoms with Crippen LogP contribution in [0, 0.1) is 0 Å². The maximum atomic E-state index is 12.4. The van der Waals surface area contributed by atoms with Crippen molar-refractivity contribution in [3.8, 4) is 0 Å². The van der Waals surface area contributed by atoms with E-state index >= 15 is 0 Å². The Labute approximate surface area is 97.5 Å². The van der Waals surface area contributed by atoms with Gasteiger partial charge in [-0.1, -0.05) is 0 Å². The van der Waals surface area contributed by atoms with Gasteiger partial charge < -0.3 is 15.8 Å². The number of nitrogens with one attached hydrogen (secondary N) is 1. The molecule has 5 N–H and O–H groups in total. The van der Waals surface area contributed by atoms with Crippen molar-refractivity contribution < 1.29 is 23.7 Å². The lowest BCUT2D eigenvalue weighted by molar-refractivity contribution is -0.151. The summed E-state index contributed by atoms with van der Waals surface area (Å²) in [7, 11) is 0. The molecule has 1 aliphatic heterocycles. The van der Waals surface area contributed by atoms with E-state index in [4.69, 9.17) is 15.9 Å². The summed E-state index contributed by atoms with van der Waals surface area (Å²) < 4.78 is 29.6. The Bertz CT molecular complexity index is 355. The summed E-state index contributed by atoms with van der Waals surface area (Å²) in [5.41, 5.74) is 6.07. The molecule has 0 spiro atoms. The first kappa shape index (κ1) is 13.6. The van der Waals surface area contributed by atoms with E-state index < -0.39 is 18.4 Å². The largest absolute Gasteiger partial charge is 0.458 e. The monoisotopic (exact) mass is 248 g/mol. The summed E-state index contributed by atoms with van der Waals surface area (Å²) in [6.45, 7) is 1.89. The number of carbonyl (C=O) groups is 1. The molecule has 7 heteroatoms. The number of carbonyl (C=O) groups excluding carboxylic acids is 1. The second kappa shape index (κ2) is 5.72. The second-order valence-electron chi connectivity index (χ2n) is 3.66. The topological polar surface area (TPSA) is 89.9 Å². The molecule has 1 unspecified atom stereocenters. The number of esters is 1. The van der Waals surface area contributed by atoms with Crippen LogP contribution in [0.15, 0.2) is 11.3 Å². The lowest BCUT2D eigenvalue weighted by Crippen LogP contribution is -2.52. The van der Waals surface area contributed by atoms with Gasteiger partial charge in [0.15, 0.2) is 0 Å². The van der Waals surface area contributed by atoms with E-state index in [1.165, 1.54) is 0 Å². The standard InChI is InChI=1S/C10H15F2N3O2/c1-2-17-10(16)8(14)5-4-15-7(9(11)12)3-6(5)13/h7,9,14-15H,2-4,13H2,1H3/p+1. The van der Waals surface area contributed by atoms with Crippen molar-refractivity contribution in [3.05, 3.63) is 11.3 Å². The van der Waals surface area contributed by atoms with Crippen molar-refractivity contribution >= 4 is 11.7 Å². The van der Waals surface area contributed by atoms with Gasteiger partial charge in [-0.2, -0.15) is 0 Å². The maximum Gasteiger partial charge on any atom is 0.403 e. The number of halogens is 2. The first-order valence-electron chi connectivity index (χ1n) is 5.26. The van der Waals surface area contributed by atoms with Gasteiger partial charge in [0.1, 0.15) is 0 Å². The van der Waals surface area contributed by atoms with E-state index in [9.17, 15) is 13.6 Å². The number of alkyl halides is 2. The van der Waals surface area contributed by atoms with Crippen LogP contribution in [-0.2, 0) is 9.53 Å². The van der Waals surface area contributed by atoms with E-state index in [1.54, 1.807) is 6.92 Å². The normalized spacial score (nSPS) is 20.6. The van der Waals surface area contributed by atoms with Crippen LogP contribution >= 0.6 is 0 Å². The summed E-state index contributed by atoms with van der Waals surface area (Å²) in [6.07, 6.45) is -2.54. The third-order valence-electron chi connectivity index (χ3n) is 2.49. The lowest BCUT2D eigenvalue weighted by Gasteiger charge is -2.24. The van der Waals surface area contributed by atoms with Crippen LogP contribution < -0.4 is 16.5 Å². The molecule has 1 rings (SSSR count). The van der Waals surface area contributed by atoms with Gasteiger partial charge in [-0.3, -0.25) is 0 Å². The molecule has 1 atom stereocenters. The Hall–Kier alpha value is -1.50. The minimum atomic E-state index is -2.50. The maximum absolute atomic E-state index is 12.4. The molecule has 0 bridgehead atoms. The molecule has 0 radical (unpaired) electrons.